The highest BCUT2D eigenvalue weighted by Crippen LogP contribution is 2.41. The van der Waals surface area contributed by atoms with Crippen LogP contribution in [0.3, 0.4) is 0 Å². The summed E-state index contributed by atoms with van der Waals surface area (Å²) in [4.78, 5) is 5.54. The van der Waals surface area contributed by atoms with Gasteiger partial charge >= 0.3 is 6.18 Å². The number of para-hydroxylation sites is 1. The quantitative estimate of drug-likeness (QED) is 0.762. The van der Waals surface area contributed by atoms with Crippen molar-refractivity contribution in [1.29, 1.82) is 0 Å². The largest absolute Gasteiger partial charge is 0.408 e. The predicted octanol–water partition coefficient (Wildman–Crippen LogP) is 4.24. The number of nitrogens with one attached hydrogen (secondary N) is 1. The summed E-state index contributed by atoms with van der Waals surface area (Å²) in [5, 5.41) is 3.63. The molecule has 0 amide bonds. The number of hydrogen-bond donors (Lipinski definition) is 1. The second-order valence-electron chi connectivity index (χ2n) is 5.29. The van der Waals surface area contributed by atoms with Gasteiger partial charge in [-0.25, -0.2) is 4.98 Å². The smallest absolute Gasteiger partial charge is 0.314 e. The normalized spacial score (nSPS) is 17.0. The van der Waals surface area contributed by atoms with Gasteiger partial charge in [0.15, 0.2) is 0 Å². The van der Waals surface area contributed by atoms with Gasteiger partial charge in [-0.1, -0.05) is 29.8 Å². The van der Waals surface area contributed by atoms with E-state index in [9.17, 15) is 13.2 Å². The van der Waals surface area contributed by atoms with Crippen LogP contribution in [0.4, 0.5) is 13.2 Å². The topological polar surface area (TPSA) is 28.2 Å². The summed E-state index contributed by atoms with van der Waals surface area (Å²) in [6.07, 6.45) is -4.40. The molecule has 24 heavy (non-hydrogen) atoms. The zero-order valence-corrected chi connectivity index (χ0v) is 14.9. The third-order valence-corrected chi connectivity index (χ3v) is 4.13. The molecule has 1 fully saturated rings. The Balaban J connectivity index is 0.00000144. The van der Waals surface area contributed by atoms with E-state index in [4.69, 9.17) is 11.6 Å². The molecule has 3 nitrogen and oxygen atoms in total. The van der Waals surface area contributed by atoms with Gasteiger partial charge in [-0.05, 0) is 12.1 Å². The van der Waals surface area contributed by atoms with E-state index in [1.165, 1.54) is 11.0 Å². The van der Waals surface area contributed by atoms with Crippen LogP contribution in [0.25, 0.3) is 10.9 Å². The summed E-state index contributed by atoms with van der Waals surface area (Å²) < 4.78 is 40.9. The van der Waals surface area contributed by atoms with E-state index in [1.54, 1.807) is 24.3 Å². The maximum atomic E-state index is 13.6. The lowest BCUT2D eigenvalue weighted by molar-refractivity contribution is -0.187. The van der Waals surface area contributed by atoms with Gasteiger partial charge in [-0.15, -0.1) is 24.8 Å². The average molecular weight is 403 g/mol. The minimum atomic E-state index is -4.40. The Morgan fingerprint density at radius 2 is 1.75 bits per heavy atom. The van der Waals surface area contributed by atoms with Gasteiger partial charge in [0, 0.05) is 37.1 Å². The van der Waals surface area contributed by atoms with Crippen LogP contribution in [0, 0.1) is 0 Å². The molecule has 2 heterocycles. The Morgan fingerprint density at radius 1 is 1.12 bits per heavy atom. The molecule has 1 N–H and O–H groups in total. The van der Waals surface area contributed by atoms with Crippen molar-refractivity contribution in [3.8, 4) is 0 Å². The number of alkyl halides is 3. The van der Waals surface area contributed by atoms with Crippen molar-refractivity contribution in [2.45, 2.75) is 12.2 Å². The number of rotatable bonds is 2. The highest BCUT2D eigenvalue weighted by Gasteiger charge is 2.46. The molecule has 0 aliphatic carbocycles. The summed E-state index contributed by atoms with van der Waals surface area (Å²) in [6.45, 7) is 1.72. The Kier molecular flexibility index (Phi) is 7.56. The Morgan fingerprint density at radius 3 is 2.38 bits per heavy atom. The van der Waals surface area contributed by atoms with E-state index < -0.39 is 12.2 Å². The van der Waals surface area contributed by atoms with Gasteiger partial charge in [0.05, 0.1) is 5.52 Å². The van der Waals surface area contributed by atoms with Crippen LogP contribution in [0.15, 0.2) is 30.3 Å². The predicted molar refractivity (Wildman–Crippen MR) is 94.5 cm³/mol. The molecule has 0 radical (unpaired) electrons. The molecule has 1 saturated heterocycles. The van der Waals surface area contributed by atoms with Crippen molar-refractivity contribution < 1.29 is 13.2 Å². The monoisotopic (exact) mass is 401 g/mol. The lowest BCUT2D eigenvalue weighted by Crippen LogP contribution is -2.49. The van der Waals surface area contributed by atoms with E-state index in [0.717, 1.165) is 0 Å². The first-order valence-corrected chi connectivity index (χ1v) is 7.41. The third kappa shape index (κ3) is 4.43. The van der Waals surface area contributed by atoms with Crippen molar-refractivity contribution in [2.24, 2.45) is 0 Å². The Hall–Kier alpha value is -0.790. The zero-order valence-electron chi connectivity index (χ0n) is 12.5. The number of fused-ring (bicyclic) bond motifs is 1. The number of pyridine rings is 1. The van der Waals surface area contributed by atoms with Crippen molar-refractivity contribution >= 4 is 47.3 Å². The van der Waals surface area contributed by atoms with Crippen LogP contribution in [0.2, 0.25) is 5.15 Å². The maximum absolute atomic E-state index is 13.6. The number of nitrogens with zero attached hydrogens (tertiary/aromatic N) is 2. The number of piperazine rings is 1. The minimum Gasteiger partial charge on any atom is -0.314 e. The molecule has 1 aliphatic heterocycles. The zero-order chi connectivity index (χ0) is 15.7. The first-order valence-electron chi connectivity index (χ1n) is 7.03. The summed E-state index contributed by atoms with van der Waals surface area (Å²) in [5.74, 6) is 0. The molecule has 0 spiro atoms. The molecule has 2 aromatic rings. The van der Waals surface area contributed by atoms with E-state index in [-0.39, 0.29) is 35.5 Å². The van der Waals surface area contributed by atoms with Crippen LogP contribution < -0.4 is 5.32 Å². The van der Waals surface area contributed by atoms with E-state index in [0.29, 0.717) is 37.1 Å². The van der Waals surface area contributed by atoms with Gasteiger partial charge in [-0.3, -0.25) is 4.90 Å². The van der Waals surface area contributed by atoms with Gasteiger partial charge in [0.25, 0.3) is 0 Å². The summed E-state index contributed by atoms with van der Waals surface area (Å²) in [6, 6.07) is 6.81. The third-order valence-electron chi connectivity index (χ3n) is 3.83. The van der Waals surface area contributed by atoms with Crippen molar-refractivity contribution in [3.05, 3.63) is 41.0 Å². The van der Waals surface area contributed by atoms with Gasteiger partial charge in [0.2, 0.25) is 0 Å². The summed E-state index contributed by atoms with van der Waals surface area (Å²) in [7, 11) is 0. The summed E-state index contributed by atoms with van der Waals surface area (Å²) in [5.41, 5.74) is 0.618. The van der Waals surface area contributed by atoms with Crippen molar-refractivity contribution in [3.63, 3.8) is 0 Å². The molecular formula is C15H17Cl3F3N3. The van der Waals surface area contributed by atoms with Crippen LogP contribution in [-0.2, 0) is 0 Å². The fraction of sp³-hybridized carbons (Fsp3) is 0.400. The first-order chi connectivity index (χ1) is 10.5. The fourth-order valence-corrected chi connectivity index (χ4v) is 3.07. The van der Waals surface area contributed by atoms with Gasteiger partial charge < -0.3 is 5.32 Å². The van der Waals surface area contributed by atoms with Crippen LogP contribution in [0.1, 0.15) is 11.6 Å². The van der Waals surface area contributed by atoms with Crippen LogP contribution >= 0.6 is 36.4 Å². The van der Waals surface area contributed by atoms with Crippen molar-refractivity contribution in [2.75, 3.05) is 26.2 Å². The molecule has 3 rings (SSSR count). The molecule has 0 bridgehead atoms. The first kappa shape index (κ1) is 21.3. The average Bonchev–Trinajstić information content (AvgIpc) is 2.48. The lowest BCUT2D eigenvalue weighted by Gasteiger charge is -2.36. The minimum absolute atomic E-state index is 0. The SMILES string of the molecule is Cl.Cl.FC(F)(F)[C@H](c1cc2ccccc2nc1Cl)N1CCNCC1. The van der Waals surface area contributed by atoms with Gasteiger partial charge in [-0.2, -0.15) is 13.2 Å². The number of benzene rings is 1. The Labute approximate surface area is 155 Å². The number of aromatic nitrogens is 1. The van der Waals surface area contributed by atoms with E-state index >= 15 is 0 Å². The lowest BCUT2D eigenvalue weighted by atomic mass is 10.0. The molecule has 1 atom stereocenters. The molecule has 134 valence electrons. The van der Waals surface area contributed by atoms with E-state index in [2.05, 4.69) is 10.3 Å². The molecule has 9 heteroatoms. The van der Waals surface area contributed by atoms with Crippen molar-refractivity contribution in [1.82, 2.24) is 15.2 Å². The molecule has 1 aliphatic rings. The molecular weight excluding hydrogens is 386 g/mol. The second-order valence-corrected chi connectivity index (χ2v) is 5.65. The molecule has 1 aromatic carbocycles. The van der Waals surface area contributed by atoms with Crippen LogP contribution in [-0.4, -0.2) is 42.2 Å². The Bertz CT molecular complexity index is 676. The summed E-state index contributed by atoms with van der Waals surface area (Å²) >= 11 is 6.07. The molecule has 0 saturated carbocycles. The highest BCUT2D eigenvalue weighted by molar-refractivity contribution is 6.30. The highest BCUT2D eigenvalue weighted by atomic mass is 35.5. The number of hydrogen-bond acceptors (Lipinski definition) is 3. The number of halogens is 6. The molecule has 1 aromatic heterocycles. The van der Waals surface area contributed by atoms with E-state index in [1.807, 2.05) is 0 Å². The van der Waals surface area contributed by atoms with Gasteiger partial charge in [0.1, 0.15) is 11.2 Å². The van der Waals surface area contributed by atoms with Crippen LogP contribution in [0.5, 0.6) is 0 Å². The maximum Gasteiger partial charge on any atom is 0.408 e. The fourth-order valence-electron chi connectivity index (χ4n) is 2.82. The molecule has 0 unspecified atom stereocenters. The standard InChI is InChI=1S/C15H15ClF3N3.2ClH/c16-14-11(9-10-3-1-2-4-12(10)21-14)13(15(17,18)19)22-7-5-20-6-8-22;;/h1-4,9,13,20H,5-8H2;2*1H/t13-;;/m0../s1. The second kappa shape index (κ2) is 8.54.